The average Bonchev–Trinajstić information content (AvgIpc) is 3.77. The Labute approximate surface area is 297 Å². The van der Waals surface area contributed by atoms with E-state index in [0.29, 0.717) is 17.5 Å². The summed E-state index contributed by atoms with van der Waals surface area (Å²) in [4.78, 5) is 19.9. The standard InChI is InChI=1S/C46H27N5O/c1-2-11-33(12-3-1)51-39-15-7-6-13-35(39)38-26-31(20-22-40(38)51)45-48-44(30-18-17-28-9-4-5-10-29(28)25-30)49-46(50-45)37-14-8-16-41-42(37)36-21-19-32-27-47-24-23-34(32)43(36)52-41/h1-27H. The molecule has 242 valence electrons. The van der Waals surface area contributed by atoms with Crippen LogP contribution in [-0.2, 0) is 0 Å². The summed E-state index contributed by atoms with van der Waals surface area (Å²) in [5.41, 5.74) is 7.72. The molecule has 0 aliphatic carbocycles. The molecule has 0 aliphatic rings. The van der Waals surface area contributed by atoms with Crippen molar-refractivity contribution in [3.05, 3.63) is 164 Å². The van der Waals surface area contributed by atoms with E-state index in [-0.39, 0.29) is 0 Å². The molecule has 0 radical (unpaired) electrons. The molecule has 11 rings (SSSR count). The van der Waals surface area contributed by atoms with Crippen LogP contribution in [0.2, 0.25) is 0 Å². The van der Waals surface area contributed by atoms with Crippen LogP contribution in [-0.4, -0.2) is 24.5 Å². The maximum atomic E-state index is 6.53. The quantitative estimate of drug-likeness (QED) is 0.187. The van der Waals surface area contributed by atoms with E-state index in [1.165, 1.54) is 5.39 Å². The summed E-state index contributed by atoms with van der Waals surface area (Å²) in [6, 6.07) is 52.6. The van der Waals surface area contributed by atoms with Crippen LogP contribution in [0.1, 0.15) is 0 Å². The summed E-state index contributed by atoms with van der Waals surface area (Å²) in [5, 5.41) is 8.63. The zero-order valence-corrected chi connectivity index (χ0v) is 27.7. The molecule has 0 bridgehead atoms. The van der Waals surface area contributed by atoms with Gasteiger partial charge in [0.15, 0.2) is 17.5 Å². The van der Waals surface area contributed by atoms with Gasteiger partial charge in [0.2, 0.25) is 0 Å². The number of hydrogen-bond acceptors (Lipinski definition) is 5. The van der Waals surface area contributed by atoms with Crippen molar-refractivity contribution >= 4 is 65.3 Å². The van der Waals surface area contributed by atoms with Gasteiger partial charge in [-0.3, -0.25) is 4.98 Å². The van der Waals surface area contributed by atoms with Gasteiger partial charge in [-0.05, 0) is 71.4 Å². The van der Waals surface area contributed by atoms with Crippen LogP contribution < -0.4 is 0 Å². The summed E-state index contributed by atoms with van der Waals surface area (Å²) >= 11 is 0. The lowest BCUT2D eigenvalue weighted by Crippen LogP contribution is -2.00. The summed E-state index contributed by atoms with van der Waals surface area (Å²) in [7, 11) is 0. The second-order valence-corrected chi connectivity index (χ2v) is 13.1. The molecule has 0 atom stereocenters. The molecule has 0 aliphatic heterocycles. The number of nitrogens with zero attached hydrogens (tertiary/aromatic N) is 5. The van der Waals surface area contributed by atoms with E-state index in [2.05, 4.69) is 137 Å². The van der Waals surface area contributed by atoms with Crippen molar-refractivity contribution in [2.24, 2.45) is 0 Å². The van der Waals surface area contributed by atoms with Gasteiger partial charge in [0.1, 0.15) is 11.2 Å². The third kappa shape index (κ3) is 4.38. The molecule has 0 amide bonds. The molecule has 0 unspecified atom stereocenters. The van der Waals surface area contributed by atoms with Crippen molar-refractivity contribution in [1.82, 2.24) is 24.5 Å². The number of benzene rings is 7. The number of rotatable bonds is 4. The first kappa shape index (κ1) is 28.6. The van der Waals surface area contributed by atoms with Gasteiger partial charge >= 0.3 is 0 Å². The van der Waals surface area contributed by atoms with E-state index in [9.17, 15) is 0 Å². The van der Waals surface area contributed by atoms with Gasteiger partial charge in [-0.15, -0.1) is 0 Å². The molecule has 6 heteroatoms. The minimum atomic E-state index is 0.586. The number of aromatic nitrogens is 5. The molecule has 6 nitrogen and oxygen atoms in total. The molecule has 7 aromatic carbocycles. The number of pyridine rings is 1. The third-order valence-corrected chi connectivity index (χ3v) is 10.1. The van der Waals surface area contributed by atoms with Gasteiger partial charge < -0.3 is 8.98 Å². The predicted octanol–water partition coefficient (Wildman–Crippen LogP) is 11.6. The highest BCUT2D eigenvalue weighted by Crippen LogP contribution is 2.40. The van der Waals surface area contributed by atoms with Gasteiger partial charge in [0.05, 0.1) is 11.0 Å². The molecule has 0 saturated carbocycles. The number of hydrogen-bond donors (Lipinski definition) is 0. The molecule has 4 aromatic heterocycles. The molecule has 11 aromatic rings. The molecular formula is C46H27N5O. The largest absolute Gasteiger partial charge is 0.455 e. The van der Waals surface area contributed by atoms with Crippen molar-refractivity contribution < 1.29 is 4.42 Å². The van der Waals surface area contributed by atoms with E-state index in [1.807, 2.05) is 30.5 Å². The fourth-order valence-electron chi connectivity index (χ4n) is 7.69. The van der Waals surface area contributed by atoms with Gasteiger partial charge in [-0.1, -0.05) is 91.0 Å². The van der Waals surface area contributed by atoms with E-state index in [0.717, 1.165) is 82.3 Å². The Bertz CT molecular complexity index is 3200. The lowest BCUT2D eigenvalue weighted by Gasteiger charge is -2.11. The molecule has 4 heterocycles. The molecular weight excluding hydrogens is 639 g/mol. The molecule has 0 fully saturated rings. The second kappa shape index (κ2) is 11.2. The summed E-state index contributed by atoms with van der Waals surface area (Å²) < 4.78 is 8.85. The number of para-hydroxylation sites is 2. The SMILES string of the molecule is c1ccc(-n2c3ccccc3c3cc(-c4nc(-c5ccc6ccccc6c5)nc(-c5cccc6oc7c8ccncc8ccc7c56)n4)ccc32)cc1. The highest BCUT2D eigenvalue weighted by molar-refractivity contribution is 6.18. The van der Waals surface area contributed by atoms with Gasteiger partial charge in [-0.2, -0.15) is 0 Å². The lowest BCUT2D eigenvalue weighted by molar-refractivity contribution is 0.672. The Morgan fingerprint density at radius 3 is 2.10 bits per heavy atom. The minimum Gasteiger partial charge on any atom is -0.455 e. The van der Waals surface area contributed by atoms with E-state index in [1.54, 1.807) is 6.20 Å². The topological polar surface area (TPSA) is 69.6 Å². The maximum absolute atomic E-state index is 6.53. The summed E-state index contributed by atoms with van der Waals surface area (Å²) in [5.74, 6) is 1.80. The van der Waals surface area contributed by atoms with Crippen molar-refractivity contribution in [2.75, 3.05) is 0 Å². The van der Waals surface area contributed by atoms with E-state index in [4.69, 9.17) is 19.4 Å². The Morgan fingerprint density at radius 2 is 1.19 bits per heavy atom. The number of fused-ring (bicyclic) bond motifs is 9. The third-order valence-electron chi connectivity index (χ3n) is 10.1. The smallest absolute Gasteiger partial charge is 0.164 e. The van der Waals surface area contributed by atoms with Crippen LogP contribution in [0.15, 0.2) is 168 Å². The molecule has 0 N–H and O–H groups in total. The highest BCUT2D eigenvalue weighted by atomic mass is 16.3. The van der Waals surface area contributed by atoms with E-state index < -0.39 is 0 Å². The highest BCUT2D eigenvalue weighted by Gasteiger charge is 2.20. The summed E-state index contributed by atoms with van der Waals surface area (Å²) in [6.07, 6.45) is 3.67. The Balaban J connectivity index is 1.17. The predicted molar refractivity (Wildman–Crippen MR) is 211 cm³/mol. The van der Waals surface area contributed by atoms with Crippen LogP contribution >= 0.6 is 0 Å². The minimum absolute atomic E-state index is 0.586. The van der Waals surface area contributed by atoms with Gasteiger partial charge in [0.25, 0.3) is 0 Å². The fraction of sp³-hybridized carbons (Fsp3) is 0. The van der Waals surface area contributed by atoms with Crippen LogP contribution in [0, 0.1) is 0 Å². The van der Waals surface area contributed by atoms with Crippen molar-refractivity contribution in [1.29, 1.82) is 0 Å². The van der Waals surface area contributed by atoms with Crippen molar-refractivity contribution in [2.45, 2.75) is 0 Å². The normalized spacial score (nSPS) is 11.8. The fourth-order valence-corrected chi connectivity index (χ4v) is 7.69. The lowest BCUT2D eigenvalue weighted by atomic mass is 10.0. The monoisotopic (exact) mass is 665 g/mol. The zero-order valence-electron chi connectivity index (χ0n) is 27.7. The molecule has 0 saturated heterocycles. The van der Waals surface area contributed by atoms with E-state index >= 15 is 0 Å². The van der Waals surface area contributed by atoms with Crippen molar-refractivity contribution in [3.63, 3.8) is 0 Å². The second-order valence-electron chi connectivity index (χ2n) is 13.1. The average molecular weight is 666 g/mol. The van der Waals surface area contributed by atoms with Crippen molar-refractivity contribution in [3.8, 4) is 39.9 Å². The van der Waals surface area contributed by atoms with Crippen LogP contribution in [0.4, 0.5) is 0 Å². The first-order valence-corrected chi connectivity index (χ1v) is 17.3. The Hall–Kier alpha value is -7.18. The van der Waals surface area contributed by atoms with Crippen LogP contribution in [0.5, 0.6) is 0 Å². The first-order valence-electron chi connectivity index (χ1n) is 17.3. The Morgan fingerprint density at radius 1 is 0.462 bits per heavy atom. The van der Waals surface area contributed by atoms with Gasteiger partial charge in [-0.25, -0.2) is 15.0 Å². The van der Waals surface area contributed by atoms with Crippen LogP contribution in [0.25, 0.3) is 105 Å². The zero-order chi connectivity index (χ0) is 34.2. The maximum Gasteiger partial charge on any atom is 0.164 e. The summed E-state index contributed by atoms with van der Waals surface area (Å²) in [6.45, 7) is 0. The van der Waals surface area contributed by atoms with Crippen LogP contribution in [0.3, 0.4) is 0 Å². The first-order chi connectivity index (χ1) is 25.8. The molecule has 52 heavy (non-hydrogen) atoms. The Kier molecular flexibility index (Phi) is 6.15. The number of furan rings is 1. The molecule has 0 spiro atoms. The van der Waals surface area contributed by atoms with Gasteiger partial charge in [0, 0.05) is 67.1 Å².